The van der Waals surface area contributed by atoms with E-state index in [1.165, 1.54) is 30.3 Å². The Labute approximate surface area is 104 Å². The largest absolute Gasteiger partial charge is 0.270 e. The van der Waals surface area contributed by atoms with Crippen LogP contribution < -0.4 is 0 Å². The topological polar surface area (TPSA) is 77.3 Å². The lowest BCUT2D eigenvalue weighted by Gasteiger charge is -2.03. The molecule has 0 aliphatic rings. The van der Waals surface area contributed by atoms with E-state index in [4.69, 9.17) is 0 Å². The number of rotatable bonds is 3. The van der Waals surface area contributed by atoms with Gasteiger partial charge >= 0.3 is 0 Å². The van der Waals surface area contributed by atoms with E-state index in [9.17, 15) is 18.5 Å². The van der Waals surface area contributed by atoms with Gasteiger partial charge in [-0.3, -0.25) is 10.1 Å². The Morgan fingerprint density at radius 2 is 1.50 bits per heavy atom. The summed E-state index contributed by atoms with van der Waals surface area (Å²) < 4.78 is 24.4. The summed E-state index contributed by atoms with van der Waals surface area (Å²) in [7, 11) is -3.70. The van der Waals surface area contributed by atoms with Gasteiger partial charge in [0.15, 0.2) is 0 Å². The first kappa shape index (κ1) is 12.3. The molecule has 0 fully saturated rings. The lowest BCUT2D eigenvalue weighted by molar-refractivity contribution is -0.385. The van der Waals surface area contributed by atoms with Crippen LogP contribution in [0.1, 0.15) is 0 Å². The van der Waals surface area contributed by atoms with Crippen molar-refractivity contribution in [1.29, 1.82) is 0 Å². The van der Waals surface area contributed by atoms with Crippen molar-refractivity contribution in [2.24, 2.45) is 0 Å². The maximum absolute atomic E-state index is 12.2. The molecule has 2 aromatic rings. The number of sulfone groups is 1. The molecule has 0 aromatic heterocycles. The fourth-order valence-corrected chi connectivity index (χ4v) is 2.82. The summed E-state index contributed by atoms with van der Waals surface area (Å²) in [6, 6.07) is 12.8. The first-order valence-corrected chi connectivity index (χ1v) is 6.55. The van der Waals surface area contributed by atoms with Gasteiger partial charge in [0, 0.05) is 12.1 Å². The van der Waals surface area contributed by atoms with Gasteiger partial charge in [0.1, 0.15) is 0 Å². The summed E-state index contributed by atoms with van der Waals surface area (Å²) in [6.45, 7) is 0. The molecule has 0 aliphatic heterocycles. The van der Waals surface area contributed by atoms with Gasteiger partial charge < -0.3 is 0 Å². The Morgan fingerprint density at radius 3 is 2.11 bits per heavy atom. The van der Waals surface area contributed by atoms with Crippen LogP contribution in [-0.2, 0) is 9.84 Å². The third-order valence-electron chi connectivity index (χ3n) is 2.39. The molecule has 2 aromatic carbocycles. The highest BCUT2D eigenvalue weighted by atomic mass is 32.2. The Bertz CT molecular complexity index is 680. The number of hydrogen-bond donors (Lipinski definition) is 0. The maximum atomic E-state index is 12.2. The Hall–Kier alpha value is -2.21. The van der Waals surface area contributed by atoms with Crippen LogP contribution in [0, 0.1) is 10.1 Å². The lowest BCUT2D eigenvalue weighted by Crippen LogP contribution is -2.02. The van der Waals surface area contributed by atoms with E-state index in [-0.39, 0.29) is 15.5 Å². The molecule has 18 heavy (non-hydrogen) atoms. The molecule has 0 atom stereocenters. The Balaban J connectivity index is 2.55. The average Bonchev–Trinajstić information content (AvgIpc) is 2.40. The number of nitrogens with zero attached hydrogens (tertiary/aromatic N) is 1. The van der Waals surface area contributed by atoms with Crippen molar-refractivity contribution in [2.75, 3.05) is 0 Å². The normalized spacial score (nSPS) is 11.1. The predicted octanol–water partition coefficient (Wildman–Crippen LogP) is 2.43. The molecule has 2 rings (SSSR count). The molecule has 0 saturated heterocycles. The van der Waals surface area contributed by atoms with E-state index in [1.54, 1.807) is 18.2 Å². The van der Waals surface area contributed by atoms with Crippen molar-refractivity contribution in [1.82, 2.24) is 0 Å². The molecule has 5 nitrogen and oxygen atoms in total. The van der Waals surface area contributed by atoms with Crippen LogP contribution in [0.25, 0.3) is 0 Å². The van der Waals surface area contributed by atoms with Gasteiger partial charge in [-0.15, -0.1) is 0 Å². The summed E-state index contributed by atoms with van der Waals surface area (Å²) >= 11 is 0. The second kappa shape index (κ2) is 4.58. The van der Waals surface area contributed by atoms with Crippen LogP contribution in [0.3, 0.4) is 0 Å². The molecule has 0 unspecified atom stereocenters. The fourth-order valence-electron chi connectivity index (χ4n) is 1.50. The molecule has 0 aliphatic carbocycles. The predicted molar refractivity (Wildman–Crippen MR) is 65.0 cm³/mol. The molecule has 0 N–H and O–H groups in total. The summed E-state index contributed by atoms with van der Waals surface area (Å²) in [4.78, 5) is 10.0. The van der Waals surface area contributed by atoms with E-state index in [0.29, 0.717) is 0 Å². The third kappa shape index (κ3) is 2.23. The maximum Gasteiger partial charge on any atom is 0.270 e. The van der Waals surface area contributed by atoms with E-state index >= 15 is 0 Å². The van der Waals surface area contributed by atoms with Crippen molar-refractivity contribution in [2.45, 2.75) is 9.79 Å². The molecular weight excluding hydrogens is 254 g/mol. The van der Waals surface area contributed by atoms with Gasteiger partial charge in [-0.05, 0) is 18.2 Å². The summed E-state index contributed by atoms with van der Waals surface area (Å²) in [6.07, 6.45) is 0. The second-order valence-corrected chi connectivity index (χ2v) is 5.52. The molecule has 0 spiro atoms. The van der Waals surface area contributed by atoms with Crippen LogP contribution in [0.2, 0.25) is 0 Å². The summed E-state index contributed by atoms with van der Waals surface area (Å²) in [5, 5.41) is 10.6. The van der Waals surface area contributed by atoms with Crippen molar-refractivity contribution < 1.29 is 13.3 Å². The highest BCUT2D eigenvalue weighted by molar-refractivity contribution is 7.91. The zero-order valence-corrected chi connectivity index (χ0v) is 10.0. The molecule has 0 amide bonds. The van der Waals surface area contributed by atoms with Crippen molar-refractivity contribution in [3.8, 4) is 0 Å². The van der Waals surface area contributed by atoms with Gasteiger partial charge in [-0.25, -0.2) is 8.42 Å². The molecular formula is C12H9NO4S. The van der Waals surface area contributed by atoms with Gasteiger partial charge in [0.05, 0.1) is 14.7 Å². The summed E-state index contributed by atoms with van der Waals surface area (Å²) in [5.74, 6) is 0. The van der Waals surface area contributed by atoms with Crippen LogP contribution >= 0.6 is 0 Å². The van der Waals surface area contributed by atoms with E-state index < -0.39 is 14.8 Å². The first-order valence-electron chi connectivity index (χ1n) is 5.06. The van der Waals surface area contributed by atoms with Crippen LogP contribution in [0.4, 0.5) is 5.69 Å². The number of non-ortho nitro benzene ring substituents is 1. The Kier molecular flexibility index (Phi) is 3.12. The number of hydrogen-bond acceptors (Lipinski definition) is 4. The van der Waals surface area contributed by atoms with Gasteiger partial charge in [0.25, 0.3) is 5.69 Å². The minimum atomic E-state index is -3.70. The third-order valence-corrected chi connectivity index (χ3v) is 4.16. The van der Waals surface area contributed by atoms with Crippen LogP contribution in [-0.4, -0.2) is 13.3 Å². The molecule has 6 heteroatoms. The average molecular weight is 263 g/mol. The molecule has 0 heterocycles. The van der Waals surface area contributed by atoms with E-state index in [1.807, 2.05) is 0 Å². The molecule has 92 valence electrons. The first-order chi connectivity index (χ1) is 8.51. The van der Waals surface area contributed by atoms with Gasteiger partial charge in [-0.1, -0.05) is 24.3 Å². The fraction of sp³-hybridized carbons (Fsp3) is 0. The smallest absolute Gasteiger partial charge is 0.258 e. The number of nitro groups is 1. The molecule has 0 bridgehead atoms. The van der Waals surface area contributed by atoms with Crippen molar-refractivity contribution in [3.05, 3.63) is 64.7 Å². The monoisotopic (exact) mass is 263 g/mol. The SMILES string of the molecule is O=[N+]([O-])c1cccc(S(=O)(=O)c2ccccc2)c1. The van der Waals surface area contributed by atoms with Crippen LogP contribution in [0.5, 0.6) is 0 Å². The van der Waals surface area contributed by atoms with E-state index in [2.05, 4.69) is 0 Å². The quantitative estimate of drug-likeness (QED) is 0.629. The number of benzene rings is 2. The minimum absolute atomic E-state index is 0.0806. The second-order valence-electron chi connectivity index (χ2n) is 3.57. The van der Waals surface area contributed by atoms with Gasteiger partial charge in [-0.2, -0.15) is 0 Å². The molecule has 0 saturated carbocycles. The lowest BCUT2D eigenvalue weighted by atomic mass is 10.3. The zero-order valence-electron chi connectivity index (χ0n) is 9.18. The Morgan fingerprint density at radius 1 is 0.889 bits per heavy atom. The highest BCUT2D eigenvalue weighted by Crippen LogP contribution is 2.23. The number of nitro benzene ring substituents is 1. The van der Waals surface area contributed by atoms with E-state index in [0.717, 1.165) is 6.07 Å². The molecule has 0 radical (unpaired) electrons. The zero-order chi connectivity index (χ0) is 13.2. The summed E-state index contributed by atoms with van der Waals surface area (Å²) in [5.41, 5.74) is -0.244. The minimum Gasteiger partial charge on any atom is -0.258 e. The standard InChI is InChI=1S/C12H9NO4S/c14-13(15)10-5-4-8-12(9-10)18(16,17)11-6-2-1-3-7-11/h1-9H. The van der Waals surface area contributed by atoms with Crippen molar-refractivity contribution in [3.63, 3.8) is 0 Å². The van der Waals surface area contributed by atoms with Crippen LogP contribution in [0.15, 0.2) is 64.4 Å². The van der Waals surface area contributed by atoms with Crippen molar-refractivity contribution >= 4 is 15.5 Å². The van der Waals surface area contributed by atoms with Gasteiger partial charge in [0.2, 0.25) is 9.84 Å². The highest BCUT2D eigenvalue weighted by Gasteiger charge is 2.19.